The first-order chi connectivity index (χ1) is 11.6. The highest BCUT2D eigenvalue weighted by molar-refractivity contribution is 5.79. The third-order valence-electron chi connectivity index (χ3n) is 4.52. The standard InChI is InChI=1S/C20H24N2O2/c1-15-7-6-10-18(21-15)14-22(13-17-8-4-3-5-9-17)20(23)19-11-12-24-16(19)2/h3-10,16,19H,11-14H2,1-2H3. The van der Waals surface area contributed by atoms with E-state index in [0.717, 1.165) is 23.4 Å². The van der Waals surface area contributed by atoms with Crippen molar-refractivity contribution in [2.24, 2.45) is 5.92 Å². The van der Waals surface area contributed by atoms with E-state index in [4.69, 9.17) is 4.74 Å². The van der Waals surface area contributed by atoms with E-state index in [1.54, 1.807) is 0 Å². The van der Waals surface area contributed by atoms with Crippen molar-refractivity contribution < 1.29 is 9.53 Å². The van der Waals surface area contributed by atoms with Gasteiger partial charge in [-0.05, 0) is 38.0 Å². The highest BCUT2D eigenvalue weighted by Gasteiger charge is 2.34. The zero-order valence-corrected chi connectivity index (χ0v) is 14.3. The minimum Gasteiger partial charge on any atom is -0.378 e. The molecule has 0 bridgehead atoms. The second-order valence-corrected chi connectivity index (χ2v) is 6.42. The van der Waals surface area contributed by atoms with Crippen LogP contribution in [0.2, 0.25) is 0 Å². The largest absolute Gasteiger partial charge is 0.378 e. The van der Waals surface area contributed by atoms with Crippen LogP contribution in [0.4, 0.5) is 0 Å². The lowest BCUT2D eigenvalue weighted by molar-refractivity contribution is -0.138. The molecule has 3 rings (SSSR count). The maximum absolute atomic E-state index is 13.1. The Hall–Kier alpha value is -2.20. The van der Waals surface area contributed by atoms with E-state index in [-0.39, 0.29) is 17.9 Å². The molecule has 1 aliphatic rings. The lowest BCUT2D eigenvalue weighted by atomic mass is 10.0. The Morgan fingerprint density at radius 3 is 2.62 bits per heavy atom. The smallest absolute Gasteiger partial charge is 0.229 e. The molecule has 24 heavy (non-hydrogen) atoms. The van der Waals surface area contributed by atoms with Crippen molar-refractivity contribution in [1.29, 1.82) is 0 Å². The number of hydrogen-bond donors (Lipinski definition) is 0. The van der Waals surface area contributed by atoms with Gasteiger partial charge in [0, 0.05) is 18.8 Å². The van der Waals surface area contributed by atoms with Crippen molar-refractivity contribution >= 4 is 5.91 Å². The van der Waals surface area contributed by atoms with E-state index in [0.29, 0.717) is 19.7 Å². The molecule has 0 radical (unpaired) electrons. The molecule has 4 heteroatoms. The van der Waals surface area contributed by atoms with Crippen LogP contribution in [0.25, 0.3) is 0 Å². The van der Waals surface area contributed by atoms with Gasteiger partial charge >= 0.3 is 0 Å². The number of benzene rings is 1. The van der Waals surface area contributed by atoms with E-state index >= 15 is 0 Å². The Bertz CT molecular complexity index is 687. The van der Waals surface area contributed by atoms with Gasteiger partial charge in [0.05, 0.1) is 24.3 Å². The summed E-state index contributed by atoms with van der Waals surface area (Å²) in [6, 6.07) is 16.0. The van der Waals surface area contributed by atoms with E-state index in [9.17, 15) is 4.79 Å². The van der Waals surface area contributed by atoms with Gasteiger partial charge in [0.15, 0.2) is 0 Å². The second-order valence-electron chi connectivity index (χ2n) is 6.42. The molecule has 2 aromatic rings. The van der Waals surface area contributed by atoms with Gasteiger partial charge in [-0.15, -0.1) is 0 Å². The highest BCUT2D eigenvalue weighted by atomic mass is 16.5. The van der Waals surface area contributed by atoms with Crippen molar-refractivity contribution in [1.82, 2.24) is 9.88 Å². The summed E-state index contributed by atoms with van der Waals surface area (Å²) in [5.74, 6) is 0.102. The second kappa shape index (κ2) is 7.58. The number of carbonyl (C=O) groups is 1. The number of aryl methyl sites for hydroxylation is 1. The summed E-state index contributed by atoms with van der Waals surface area (Å²) in [7, 11) is 0. The number of hydrogen-bond acceptors (Lipinski definition) is 3. The molecule has 1 aromatic heterocycles. The van der Waals surface area contributed by atoms with E-state index in [1.807, 2.05) is 55.1 Å². The van der Waals surface area contributed by atoms with Crippen molar-refractivity contribution in [3.63, 3.8) is 0 Å². The normalized spacial score (nSPS) is 20.1. The fourth-order valence-electron chi connectivity index (χ4n) is 3.19. The molecule has 0 spiro atoms. The average Bonchev–Trinajstić information content (AvgIpc) is 3.01. The lowest BCUT2D eigenvalue weighted by Gasteiger charge is -2.27. The van der Waals surface area contributed by atoms with E-state index in [1.165, 1.54) is 0 Å². The Morgan fingerprint density at radius 2 is 1.96 bits per heavy atom. The SMILES string of the molecule is Cc1cccc(CN(Cc2ccccc2)C(=O)C2CCOC2C)n1. The highest BCUT2D eigenvalue weighted by Crippen LogP contribution is 2.24. The predicted octanol–water partition coefficient (Wildman–Crippen LogP) is 3.34. The molecule has 1 saturated heterocycles. The number of nitrogens with zero attached hydrogens (tertiary/aromatic N) is 2. The summed E-state index contributed by atoms with van der Waals surface area (Å²) in [5.41, 5.74) is 3.02. The number of ether oxygens (including phenoxy) is 1. The molecule has 2 heterocycles. The van der Waals surface area contributed by atoms with Crippen LogP contribution < -0.4 is 0 Å². The molecule has 0 aliphatic carbocycles. The van der Waals surface area contributed by atoms with Gasteiger partial charge in [-0.1, -0.05) is 36.4 Å². The summed E-state index contributed by atoms with van der Waals surface area (Å²) < 4.78 is 5.59. The van der Waals surface area contributed by atoms with Gasteiger partial charge in [0.2, 0.25) is 5.91 Å². The first-order valence-electron chi connectivity index (χ1n) is 8.50. The fraction of sp³-hybridized carbons (Fsp3) is 0.400. The summed E-state index contributed by atoms with van der Waals surface area (Å²) >= 11 is 0. The van der Waals surface area contributed by atoms with Gasteiger partial charge in [-0.2, -0.15) is 0 Å². The van der Waals surface area contributed by atoms with Crippen LogP contribution in [-0.2, 0) is 22.6 Å². The summed E-state index contributed by atoms with van der Waals surface area (Å²) in [4.78, 5) is 19.5. The molecular formula is C20H24N2O2. The maximum atomic E-state index is 13.1. The first kappa shape index (κ1) is 16.7. The molecule has 4 nitrogen and oxygen atoms in total. The van der Waals surface area contributed by atoms with E-state index in [2.05, 4.69) is 17.1 Å². The number of carbonyl (C=O) groups excluding carboxylic acids is 1. The lowest BCUT2D eigenvalue weighted by Crippen LogP contribution is -2.38. The monoisotopic (exact) mass is 324 g/mol. The summed E-state index contributed by atoms with van der Waals surface area (Å²) in [6.45, 7) is 5.75. The molecule has 0 saturated carbocycles. The fourth-order valence-corrected chi connectivity index (χ4v) is 3.19. The number of pyridine rings is 1. The minimum atomic E-state index is -0.0569. The number of amides is 1. The molecule has 1 aliphatic heterocycles. The number of aromatic nitrogens is 1. The van der Waals surface area contributed by atoms with Crippen molar-refractivity contribution in [2.75, 3.05) is 6.61 Å². The van der Waals surface area contributed by atoms with Crippen LogP contribution in [0.1, 0.15) is 30.3 Å². The van der Waals surface area contributed by atoms with Gasteiger partial charge in [-0.3, -0.25) is 9.78 Å². The van der Waals surface area contributed by atoms with E-state index < -0.39 is 0 Å². The zero-order chi connectivity index (χ0) is 16.9. The Kier molecular flexibility index (Phi) is 5.26. The van der Waals surface area contributed by atoms with Crippen molar-refractivity contribution in [3.8, 4) is 0 Å². The third kappa shape index (κ3) is 4.01. The molecule has 0 N–H and O–H groups in total. The molecular weight excluding hydrogens is 300 g/mol. The molecule has 1 aromatic carbocycles. The molecule has 126 valence electrons. The van der Waals surface area contributed by atoms with Crippen LogP contribution in [-0.4, -0.2) is 28.5 Å². The molecule has 2 unspecified atom stereocenters. The Balaban J connectivity index is 1.81. The molecule has 1 amide bonds. The van der Waals surface area contributed by atoms with Gasteiger partial charge < -0.3 is 9.64 Å². The van der Waals surface area contributed by atoms with Gasteiger partial charge in [0.25, 0.3) is 0 Å². The van der Waals surface area contributed by atoms with Gasteiger partial charge in [-0.25, -0.2) is 0 Å². The van der Waals surface area contributed by atoms with Crippen LogP contribution >= 0.6 is 0 Å². The molecule has 2 atom stereocenters. The third-order valence-corrected chi connectivity index (χ3v) is 4.52. The van der Waals surface area contributed by atoms with Crippen LogP contribution in [0.3, 0.4) is 0 Å². The van der Waals surface area contributed by atoms with Crippen LogP contribution in [0.15, 0.2) is 48.5 Å². The summed E-state index contributed by atoms with van der Waals surface area (Å²) in [5, 5.41) is 0. The Morgan fingerprint density at radius 1 is 1.17 bits per heavy atom. The topological polar surface area (TPSA) is 42.4 Å². The number of rotatable bonds is 5. The molecule has 1 fully saturated rings. The summed E-state index contributed by atoms with van der Waals surface area (Å²) in [6.07, 6.45) is 0.785. The maximum Gasteiger partial charge on any atom is 0.229 e. The first-order valence-corrected chi connectivity index (χ1v) is 8.50. The average molecular weight is 324 g/mol. The van der Waals surface area contributed by atoms with Crippen molar-refractivity contribution in [2.45, 2.75) is 39.5 Å². The predicted molar refractivity (Wildman–Crippen MR) is 93.2 cm³/mol. The Labute approximate surface area is 143 Å². The van der Waals surface area contributed by atoms with Crippen molar-refractivity contribution in [3.05, 3.63) is 65.5 Å². The van der Waals surface area contributed by atoms with Gasteiger partial charge in [0.1, 0.15) is 0 Å². The quantitative estimate of drug-likeness (QED) is 0.847. The van der Waals surface area contributed by atoms with Crippen LogP contribution in [0.5, 0.6) is 0 Å². The minimum absolute atomic E-state index is 0.0127. The van der Waals surface area contributed by atoms with Crippen LogP contribution in [0, 0.1) is 12.8 Å². The zero-order valence-electron chi connectivity index (χ0n) is 14.3.